The number of piperazine rings is 1. The van der Waals surface area contributed by atoms with Gasteiger partial charge in [0.1, 0.15) is 0 Å². The van der Waals surface area contributed by atoms with Crippen LogP contribution < -0.4 is 0 Å². The molecule has 2 aromatic carbocycles. The van der Waals surface area contributed by atoms with Crippen LogP contribution in [0.5, 0.6) is 0 Å². The zero-order valence-corrected chi connectivity index (χ0v) is 19.1. The van der Waals surface area contributed by atoms with Crippen molar-refractivity contribution in [3.63, 3.8) is 0 Å². The third kappa shape index (κ3) is 5.59. The topological polar surface area (TPSA) is 28.2 Å². The summed E-state index contributed by atoms with van der Waals surface area (Å²) in [5.74, 6) is 0.780. The largest absolute Gasteiger partial charge is 0.381 e. The van der Waals surface area contributed by atoms with Gasteiger partial charge in [0, 0.05) is 59.0 Å². The molecule has 2 aromatic rings. The fourth-order valence-corrected chi connectivity index (χ4v) is 5.51. The first-order valence-electron chi connectivity index (χ1n) is 12.3. The Balaban J connectivity index is 1.13. The van der Waals surface area contributed by atoms with Gasteiger partial charge in [-0.05, 0) is 29.9 Å². The molecule has 0 aliphatic carbocycles. The standard InChI is InChI=1S/C27H37N3O2/c1-3-7-24(8-4-1)27(25-9-5-2-6-10-25)30-15-13-28(14-16-30)20-26-21-29(22-32-26)19-23-11-17-31-18-12-23/h1-10,23,26-27H,11-22H2. The minimum atomic E-state index is 0.331. The molecule has 3 aliphatic rings. The summed E-state index contributed by atoms with van der Waals surface area (Å²) in [5, 5.41) is 0. The molecule has 3 aliphatic heterocycles. The Hall–Kier alpha value is -1.76. The van der Waals surface area contributed by atoms with E-state index >= 15 is 0 Å². The maximum absolute atomic E-state index is 6.16. The Kier molecular flexibility index (Phi) is 7.52. The predicted molar refractivity (Wildman–Crippen MR) is 128 cm³/mol. The van der Waals surface area contributed by atoms with E-state index in [0.717, 1.165) is 65.1 Å². The highest BCUT2D eigenvalue weighted by Gasteiger charge is 2.30. The van der Waals surface area contributed by atoms with Gasteiger partial charge in [-0.2, -0.15) is 0 Å². The number of hydrogen-bond donors (Lipinski definition) is 0. The molecule has 3 heterocycles. The first kappa shape index (κ1) is 22.1. The van der Waals surface area contributed by atoms with E-state index < -0.39 is 0 Å². The monoisotopic (exact) mass is 435 g/mol. The van der Waals surface area contributed by atoms with Crippen LogP contribution in [0.15, 0.2) is 60.7 Å². The molecule has 5 nitrogen and oxygen atoms in total. The lowest BCUT2D eigenvalue weighted by Crippen LogP contribution is -2.50. The molecular formula is C27H37N3O2. The van der Waals surface area contributed by atoms with E-state index in [1.54, 1.807) is 0 Å². The highest BCUT2D eigenvalue weighted by atomic mass is 16.5. The third-order valence-electron chi connectivity index (χ3n) is 7.28. The zero-order valence-electron chi connectivity index (χ0n) is 19.1. The second-order valence-electron chi connectivity index (χ2n) is 9.57. The van der Waals surface area contributed by atoms with Crippen molar-refractivity contribution < 1.29 is 9.47 Å². The maximum Gasteiger partial charge on any atom is 0.0996 e. The van der Waals surface area contributed by atoms with Crippen molar-refractivity contribution in [2.75, 3.05) is 65.8 Å². The van der Waals surface area contributed by atoms with Gasteiger partial charge in [-0.3, -0.25) is 14.7 Å². The summed E-state index contributed by atoms with van der Waals surface area (Å²) < 4.78 is 11.7. The van der Waals surface area contributed by atoms with Crippen LogP contribution in [0, 0.1) is 5.92 Å². The minimum absolute atomic E-state index is 0.331. The van der Waals surface area contributed by atoms with Crippen LogP contribution in [0.2, 0.25) is 0 Å². The number of benzene rings is 2. The highest BCUT2D eigenvalue weighted by molar-refractivity contribution is 5.31. The molecule has 5 rings (SSSR count). The molecule has 32 heavy (non-hydrogen) atoms. The number of rotatable bonds is 7. The maximum atomic E-state index is 6.16. The predicted octanol–water partition coefficient (Wildman–Crippen LogP) is 3.48. The average molecular weight is 436 g/mol. The normalized spacial score (nSPS) is 24.3. The fraction of sp³-hybridized carbons (Fsp3) is 0.556. The van der Waals surface area contributed by atoms with Gasteiger partial charge in [0.05, 0.1) is 18.9 Å². The van der Waals surface area contributed by atoms with E-state index in [2.05, 4.69) is 75.4 Å². The van der Waals surface area contributed by atoms with Crippen LogP contribution in [0.25, 0.3) is 0 Å². The number of hydrogen-bond acceptors (Lipinski definition) is 5. The van der Waals surface area contributed by atoms with E-state index in [4.69, 9.17) is 9.47 Å². The molecule has 0 spiro atoms. The lowest BCUT2D eigenvalue weighted by atomic mass is 9.96. The summed E-state index contributed by atoms with van der Waals surface area (Å²) in [6, 6.07) is 22.2. The van der Waals surface area contributed by atoms with E-state index in [0.29, 0.717) is 12.1 Å². The SMILES string of the molecule is c1ccc(C(c2ccccc2)N2CCN(CC3CN(CC4CCOCC4)CO3)CC2)cc1. The van der Waals surface area contributed by atoms with Gasteiger partial charge < -0.3 is 9.47 Å². The molecule has 172 valence electrons. The Morgan fingerprint density at radius 3 is 2.00 bits per heavy atom. The molecular weight excluding hydrogens is 398 g/mol. The molecule has 5 heteroatoms. The highest BCUT2D eigenvalue weighted by Crippen LogP contribution is 2.29. The van der Waals surface area contributed by atoms with Crippen LogP contribution in [0.3, 0.4) is 0 Å². The first-order chi connectivity index (χ1) is 15.8. The van der Waals surface area contributed by atoms with Crippen molar-refractivity contribution in [2.24, 2.45) is 5.92 Å². The molecule has 0 radical (unpaired) electrons. The van der Waals surface area contributed by atoms with Gasteiger partial charge in [-0.15, -0.1) is 0 Å². The second kappa shape index (κ2) is 10.9. The molecule has 1 atom stereocenters. The first-order valence-corrected chi connectivity index (χ1v) is 12.3. The van der Waals surface area contributed by atoms with Crippen molar-refractivity contribution in [1.29, 1.82) is 0 Å². The van der Waals surface area contributed by atoms with Crippen molar-refractivity contribution in [3.05, 3.63) is 71.8 Å². The fourth-order valence-electron chi connectivity index (χ4n) is 5.51. The van der Waals surface area contributed by atoms with Gasteiger partial charge in [0.25, 0.3) is 0 Å². The molecule has 3 fully saturated rings. The molecule has 0 saturated carbocycles. The second-order valence-corrected chi connectivity index (χ2v) is 9.57. The average Bonchev–Trinajstić information content (AvgIpc) is 3.29. The van der Waals surface area contributed by atoms with Crippen LogP contribution in [-0.4, -0.2) is 86.6 Å². The third-order valence-corrected chi connectivity index (χ3v) is 7.28. The number of ether oxygens (including phenoxy) is 2. The lowest BCUT2D eigenvalue weighted by Gasteiger charge is -2.40. The van der Waals surface area contributed by atoms with E-state index in [9.17, 15) is 0 Å². The van der Waals surface area contributed by atoms with Crippen LogP contribution >= 0.6 is 0 Å². The van der Waals surface area contributed by atoms with Gasteiger partial charge >= 0.3 is 0 Å². The van der Waals surface area contributed by atoms with E-state index in [1.807, 2.05) is 0 Å². The quantitative estimate of drug-likeness (QED) is 0.664. The van der Waals surface area contributed by atoms with Gasteiger partial charge in [-0.1, -0.05) is 60.7 Å². The Morgan fingerprint density at radius 2 is 1.38 bits per heavy atom. The summed E-state index contributed by atoms with van der Waals surface area (Å²) in [4.78, 5) is 7.76. The van der Waals surface area contributed by atoms with E-state index in [1.165, 1.54) is 30.5 Å². The van der Waals surface area contributed by atoms with Gasteiger partial charge in [0.2, 0.25) is 0 Å². The van der Waals surface area contributed by atoms with Crippen LogP contribution in [-0.2, 0) is 9.47 Å². The molecule has 0 N–H and O–H groups in total. The molecule has 0 bridgehead atoms. The van der Waals surface area contributed by atoms with Crippen molar-refractivity contribution in [1.82, 2.24) is 14.7 Å². The van der Waals surface area contributed by atoms with Crippen LogP contribution in [0.1, 0.15) is 30.0 Å². The van der Waals surface area contributed by atoms with Crippen LogP contribution in [0.4, 0.5) is 0 Å². The Labute approximate surface area is 192 Å². The smallest absolute Gasteiger partial charge is 0.0996 e. The van der Waals surface area contributed by atoms with Crippen molar-refractivity contribution >= 4 is 0 Å². The molecule has 0 amide bonds. The van der Waals surface area contributed by atoms with Crippen molar-refractivity contribution in [2.45, 2.75) is 25.0 Å². The summed E-state index contributed by atoms with van der Waals surface area (Å²) in [6.45, 7) is 10.4. The lowest BCUT2D eigenvalue weighted by molar-refractivity contribution is 0.0322. The van der Waals surface area contributed by atoms with Crippen molar-refractivity contribution in [3.8, 4) is 0 Å². The van der Waals surface area contributed by atoms with E-state index in [-0.39, 0.29) is 0 Å². The summed E-state index contributed by atoms with van der Waals surface area (Å²) in [7, 11) is 0. The summed E-state index contributed by atoms with van der Waals surface area (Å²) in [6.07, 6.45) is 2.75. The zero-order chi connectivity index (χ0) is 21.6. The van der Waals surface area contributed by atoms with Gasteiger partial charge in [-0.25, -0.2) is 0 Å². The molecule has 0 aromatic heterocycles. The Bertz CT molecular complexity index is 765. The Morgan fingerprint density at radius 1 is 0.750 bits per heavy atom. The minimum Gasteiger partial charge on any atom is -0.381 e. The van der Waals surface area contributed by atoms with Gasteiger partial charge in [0.15, 0.2) is 0 Å². The summed E-state index contributed by atoms with van der Waals surface area (Å²) in [5.41, 5.74) is 2.77. The molecule has 3 saturated heterocycles. The molecule has 1 unspecified atom stereocenters. The summed E-state index contributed by atoms with van der Waals surface area (Å²) >= 11 is 0. The number of nitrogens with zero attached hydrogens (tertiary/aromatic N) is 3.